The van der Waals surface area contributed by atoms with Crippen LogP contribution in [0.3, 0.4) is 0 Å². The smallest absolute Gasteiger partial charge is 0.293 e. The van der Waals surface area contributed by atoms with Crippen LogP contribution in [-0.2, 0) is 14.4 Å². The van der Waals surface area contributed by atoms with E-state index < -0.39 is 29.7 Å². The van der Waals surface area contributed by atoms with Gasteiger partial charge in [0.1, 0.15) is 11.1 Å². The lowest BCUT2D eigenvalue weighted by Crippen LogP contribution is -2.64. The van der Waals surface area contributed by atoms with Gasteiger partial charge in [-0.05, 0) is 81.5 Å². The van der Waals surface area contributed by atoms with E-state index in [9.17, 15) is 28.8 Å². The number of piperidine rings is 1. The molecule has 5 aliphatic rings. The molecule has 4 aliphatic heterocycles. The summed E-state index contributed by atoms with van der Waals surface area (Å²) in [4.78, 5) is 92.9. The molecule has 4 fully saturated rings. The van der Waals surface area contributed by atoms with Gasteiger partial charge in [-0.3, -0.25) is 43.9 Å². The number of halogens is 1. The van der Waals surface area contributed by atoms with Gasteiger partial charge < -0.3 is 29.7 Å². The van der Waals surface area contributed by atoms with Crippen molar-refractivity contribution in [1.82, 2.24) is 35.0 Å². The van der Waals surface area contributed by atoms with Gasteiger partial charge in [0, 0.05) is 87.5 Å². The van der Waals surface area contributed by atoms with Crippen molar-refractivity contribution in [2.45, 2.75) is 51.6 Å². The van der Waals surface area contributed by atoms with Crippen molar-refractivity contribution in [3.63, 3.8) is 0 Å². The predicted molar refractivity (Wildman–Crippen MR) is 228 cm³/mol. The van der Waals surface area contributed by atoms with Crippen LogP contribution in [0.15, 0.2) is 53.5 Å². The highest BCUT2D eigenvalue weighted by Gasteiger charge is 2.53. The monoisotopic (exact) mass is 850 g/mol. The van der Waals surface area contributed by atoms with Crippen LogP contribution in [0.4, 0.5) is 23.1 Å². The third kappa shape index (κ3) is 7.53. The Hall–Kier alpha value is -6.07. The Morgan fingerprint density at radius 2 is 1.72 bits per heavy atom. The fraction of sp³-hybridized carbons (Fsp3) is 0.442. The fourth-order valence-electron chi connectivity index (χ4n) is 9.61. The zero-order valence-corrected chi connectivity index (χ0v) is 35.0. The first-order valence-corrected chi connectivity index (χ1v) is 21.1. The first kappa shape index (κ1) is 40.3. The van der Waals surface area contributed by atoms with Crippen LogP contribution < -0.4 is 36.0 Å². The molecule has 0 radical (unpaired) electrons. The molecule has 2 aromatic heterocycles. The van der Waals surface area contributed by atoms with E-state index in [1.54, 1.807) is 29.0 Å². The SMILES string of the molecule is CNC(=O)COc1cc2cc(Nc3nc(N4CCN(CC5CC6(C5)CN(c5ccc7c(c5)C(=O)N(C5CCC(=O)NC5=O)C7=O)C6)CC4)ncc3Cl)ccc2n(C(C)C)c1=O. The molecule has 3 N–H and O–H groups in total. The Morgan fingerprint density at radius 1 is 0.967 bits per heavy atom. The highest BCUT2D eigenvalue weighted by atomic mass is 35.5. The fourth-order valence-corrected chi connectivity index (χ4v) is 9.75. The van der Waals surface area contributed by atoms with Crippen LogP contribution in [0.2, 0.25) is 5.02 Å². The number of piperazine rings is 1. The van der Waals surface area contributed by atoms with Crippen LogP contribution in [0.5, 0.6) is 5.75 Å². The molecule has 318 valence electrons. The summed E-state index contributed by atoms with van der Waals surface area (Å²) in [6.45, 7) is 9.70. The van der Waals surface area contributed by atoms with Gasteiger partial charge in [0.25, 0.3) is 23.3 Å². The standard InChI is InChI=1S/C43H47ClN10O7/c1-24(2)53-32-7-4-27(14-26(32)15-34(41(53)60)61-21-36(56)45-3)47-37-31(44)19-46-42(49-37)51-12-10-50(11-13-51)20-25-17-43(18-25)22-52(23-43)28-5-6-29-30(16-28)40(59)54(39(29)58)33-8-9-35(55)48-38(33)57/h4-7,14-16,19,24-25,33H,8-13,17-18,20-23H2,1-3H3,(H,45,56)(H,46,47,49)(H,48,55,57). The Bertz CT molecular complexity index is 2540. The van der Waals surface area contributed by atoms with Crippen LogP contribution in [-0.4, -0.2) is 119 Å². The van der Waals surface area contributed by atoms with Crippen molar-refractivity contribution in [2.24, 2.45) is 11.3 Å². The number of carbonyl (C=O) groups excluding carboxylic acids is 5. The molecule has 17 nitrogen and oxygen atoms in total. The number of benzene rings is 2. The summed E-state index contributed by atoms with van der Waals surface area (Å²) in [5, 5.41) is 9.19. The van der Waals surface area contributed by atoms with Crippen LogP contribution in [0.1, 0.15) is 66.3 Å². The third-order valence-corrected chi connectivity index (χ3v) is 12.9. The lowest BCUT2D eigenvalue weighted by Gasteiger charge is -2.60. The number of hydrogen-bond donors (Lipinski definition) is 3. The van der Waals surface area contributed by atoms with E-state index in [2.05, 4.69) is 35.6 Å². The normalized spacial score (nSPS) is 20.2. The number of hydrogen-bond acceptors (Lipinski definition) is 13. The average molecular weight is 851 g/mol. The summed E-state index contributed by atoms with van der Waals surface area (Å²) in [7, 11) is 1.51. The van der Waals surface area contributed by atoms with Gasteiger partial charge in [0.2, 0.25) is 17.8 Å². The second-order valence-corrected chi connectivity index (χ2v) is 17.5. The number of rotatable bonds is 11. The molecule has 1 saturated carbocycles. The molecule has 4 aromatic rings. The maximum atomic E-state index is 13.3. The van der Waals surface area contributed by atoms with Gasteiger partial charge in [0.05, 0.1) is 22.8 Å². The highest BCUT2D eigenvalue weighted by Crippen LogP contribution is 2.53. The molecular formula is C43H47ClN10O7. The van der Waals surface area contributed by atoms with Crippen LogP contribution in [0.25, 0.3) is 10.9 Å². The molecule has 2 aromatic carbocycles. The topological polar surface area (TPSA) is 191 Å². The van der Waals surface area contributed by atoms with E-state index in [1.165, 1.54) is 7.05 Å². The highest BCUT2D eigenvalue weighted by molar-refractivity contribution is 6.33. The van der Waals surface area contributed by atoms with Gasteiger partial charge in [-0.15, -0.1) is 0 Å². The van der Waals surface area contributed by atoms with Gasteiger partial charge in [-0.1, -0.05) is 11.6 Å². The summed E-state index contributed by atoms with van der Waals surface area (Å²) < 4.78 is 7.26. The minimum Gasteiger partial charge on any atom is -0.478 e. The van der Waals surface area contributed by atoms with Crippen molar-refractivity contribution in [3.8, 4) is 5.75 Å². The van der Waals surface area contributed by atoms with Crippen molar-refractivity contribution < 1.29 is 28.7 Å². The molecule has 1 aliphatic carbocycles. The number of fused-ring (bicyclic) bond motifs is 2. The number of ether oxygens (including phenoxy) is 1. The van der Waals surface area contributed by atoms with Gasteiger partial charge in [-0.25, -0.2) is 4.98 Å². The summed E-state index contributed by atoms with van der Waals surface area (Å²) in [6.07, 6.45) is 4.10. The number of amides is 5. The van der Waals surface area contributed by atoms with Crippen molar-refractivity contribution in [2.75, 3.05) is 74.6 Å². The molecular weight excluding hydrogens is 804 g/mol. The van der Waals surface area contributed by atoms with Crippen molar-refractivity contribution in [3.05, 3.63) is 75.2 Å². The summed E-state index contributed by atoms with van der Waals surface area (Å²) >= 11 is 6.59. The first-order chi connectivity index (χ1) is 29.3. The third-order valence-electron chi connectivity index (χ3n) is 12.6. The second kappa shape index (κ2) is 15.8. The number of nitrogens with zero attached hydrogens (tertiary/aromatic N) is 7. The summed E-state index contributed by atoms with van der Waals surface area (Å²) in [6, 6.07) is 11.5. The van der Waals surface area contributed by atoms with Crippen molar-refractivity contribution in [1.29, 1.82) is 0 Å². The summed E-state index contributed by atoms with van der Waals surface area (Å²) in [5.74, 6) is -0.579. The van der Waals surface area contributed by atoms with Gasteiger partial charge >= 0.3 is 0 Å². The first-order valence-electron chi connectivity index (χ1n) is 20.7. The number of nitrogens with one attached hydrogen (secondary N) is 3. The quantitative estimate of drug-likeness (QED) is 0.187. The lowest BCUT2D eigenvalue weighted by atomic mass is 9.57. The molecule has 6 heterocycles. The Labute approximate surface area is 356 Å². The molecule has 61 heavy (non-hydrogen) atoms. The van der Waals surface area contributed by atoms with E-state index in [0.29, 0.717) is 39.5 Å². The number of imide groups is 2. The van der Waals surface area contributed by atoms with E-state index in [1.807, 2.05) is 38.1 Å². The molecule has 3 saturated heterocycles. The molecule has 1 spiro atoms. The molecule has 18 heteroatoms. The molecule has 0 bridgehead atoms. The Balaban J connectivity index is 0.772. The Kier molecular flexibility index (Phi) is 10.4. The minimum absolute atomic E-state index is 0.0875. The maximum Gasteiger partial charge on any atom is 0.293 e. The maximum absolute atomic E-state index is 13.3. The largest absolute Gasteiger partial charge is 0.478 e. The van der Waals surface area contributed by atoms with Crippen molar-refractivity contribution >= 4 is 75.2 Å². The predicted octanol–water partition coefficient (Wildman–Crippen LogP) is 3.33. The molecule has 9 rings (SSSR count). The Morgan fingerprint density at radius 3 is 2.44 bits per heavy atom. The van der Waals surface area contributed by atoms with Gasteiger partial charge in [0.15, 0.2) is 18.2 Å². The van der Waals surface area contributed by atoms with Crippen LogP contribution in [0, 0.1) is 11.3 Å². The summed E-state index contributed by atoms with van der Waals surface area (Å²) in [5.41, 5.74) is 2.88. The van der Waals surface area contributed by atoms with Crippen LogP contribution >= 0.6 is 11.6 Å². The zero-order valence-electron chi connectivity index (χ0n) is 34.2. The van der Waals surface area contributed by atoms with E-state index in [-0.39, 0.29) is 48.1 Å². The molecule has 1 atom stereocenters. The average Bonchev–Trinajstić information content (AvgIpc) is 3.46. The van der Waals surface area contributed by atoms with E-state index >= 15 is 0 Å². The minimum atomic E-state index is -0.977. The van der Waals surface area contributed by atoms with E-state index in [0.717, 1.165) is 80.1 Å². The van der Waals surface area contributed by atoms with Gasteiger partial charge in [-0.2, -0.15) is 4.98 Å². The zero-order chi connectivity index (χ0) is 42.7. The number of aromatic nitrogens is 3. The lowest BCUT2D eigenvalue weighted by molar-refractivity contribution is -0.136. The van der Waals surface area contributed by atoms with E-state index in [4.69, 9.17) is 21.3 Å². The number of carbonyl (C=O) groups is 5. The molecule has 5 amide bonds. The second-order valence-electron chi connectivity index (χ2n) is 17.1. The number of likely N-dealkylation sites (N-methyl/N-ethyl adjacent to an activating group) is 1. The number of anilines is 4. The molecule has 1 unspecified atom stereocenters. The number of pyridine rings is 1.